The minimum atomic E-state index is -1.01. The summed E-state index contributed by atoms with van der Waals surface area (Å²) in [5.41, 5.74) is 1.92. The quantitative estimate of drug-likeness (QED) is 0.134. The number of carboxylic acid groups (broad SMARTS) is 1. The zero-order valence-corrected chi connectivity index (χ0v) is 22.7. The number of imide groups is 1. The summed E-state index contributed by atoms with van der Waals surface area (Å²) < 4.78 is 12.1. The van der Waals surface area contributed by atoms with Crippen LogP contribution in [-0.2, 0) is 17.9 Å². The van der Waals surface area contributed by atoms with Crippen molar-refractivity contribution in [2.24, 2.45) is 0 Å². The van der Waals surface area contributed by atoms with Crippen molar-refractivity contribution in [3.63, 3.8) is 0 Å². The van der Waals surface area contributed by atoms with Gasteiger partial charge in [-0.1, -0.05) is 24.3 Å². The van der Waals surface area contributed by atoms with Crippen molar-refractivity contribution in [1.82, 2.24) is 4.90 Å². The van der Waals surface area contributed by atoms with Gasteiger partial charge in [0.15, 0.2) is 11.5 Å². The van der Waals surface area contributed by atoms with Crippen LogP contribution in [0.15, 0.2) is 65.6 Å². The van der Waals surface area contributed by atoms with Crippen molar-refractivity contribution in [3.05, 3.63) is 102 Å². The first-order valence-electron chi connectivity index (χ1n) is 11.0. The number of nitro groups is 1. The van der Waals surface area contributed by atoms with Gasteiger partial charge >= 0.3 is 5.97 Å². The smallest absolute Gasteiger partial charge is 0.335 e. The number of amides is 2. The highest BCUT2D eigenvalue weighted by atomic mass is 127. The molecule has 4 rings (SSSR count). The number of non-ortho nitro benzene ring substituents is 1. The Hall–Kier alpha value is -3.91. The summed E-state index contributed by atoms with van der Waals surface area (Å²) in [6.45, 7) is 0.104. The normalized spacial score (nSPS) is 14.2. The number of nitrogens with zero attached hydrogens (tertiary/aromatic N) is 2. The first-order valence-corrected chi connectivity index (χ1v) is 12.9. The van der Waals surface area contributed by atoms with E-state index in [9.17, 15) is 24.5 Å². The molecule has 2 amide bonds. The van der Waals surface area contributed by atoms with Gasteiger partial charge in [-0.25, -0.2) is 4.79 Å². The summed E-state index contributed by atoms with van der Waals surface area (Å²) in [6.07, 6.45) is 1.58. The van der Waals surface area contributed by atoms with Crippen molar-refractivity contribution < 1.29 is 33.9 Å². The lowest BCUT2D eigenvalue weighted by atomic mass is 10.1. The lowest BCUT2D eigenvalue weighted by Crippen LogP contribution is -2.27. The van der Waals surface area contributed by atoms with Gasteiger partial charge in [-0.3, -0.25) is 24.6 Å². The van der Waals surface area contributed by atoms with Crippen LogP contribution in [0.2, 0.25) is 0 Å². The number of hydrogen-bond donors (Lipinski definition) is 1. The van der Waals surface area contributed by atoms with Gasteiger partial charge < -0.3 is 14.6 Å². The molecule has 1 fully saturated rings. The number of carboxylic acids is 1. The molecule has 0 atom stereocenters. The van der Waals surface area contributed by atoms with E-state index in [0.29, 0.717) is 26.2 Å². The Bertz CT molecular complexity index is 1470. The van der Waals surface area contributed by atoms with Crippen LogP contribution in [0.4, 0.5) is 10.5 Å². The monoisotopic (exact) mass is 646 g/mol. The van der Waals surface area contributed by atoms with Gasteiger partial charge in [-0.2, -0.15) is 0 Å². The number of thioether (sulfide) groups is 1. The van der Waals surface area contributed by atoms with Crippen molar-refractivity contribution >= 4 is 63.2 Å². The number of methoxy groups -OCH3 is 1. The fourth-order valence-corrected chi connectivity index (χ4v) is 5.22. The van der Waals surface area contributed by atoms with Gasteiger partial charge in [-0.05, 0) is 81.4 Å². The molecule has 1 aliphatic rings. The number of hydrogen-bond acceptors (Lipinski definition) is 8. The molecule has 3 aromatic carbocycles. The number of benzene rings is 3. The van der Waals surface area contributed by atoms with Gasteiger partial charge in [0.2, 0.25) is 0 Å². The molecule has 10 nitrogen and oxygen atoms in total. The number of rotatable bonds is 9. The molecule has 0 radical (unpaired) electrons. The number of carbonyl (C=O) groups is 3. The molecule has 194 valence electrons. The maximum Gasteiger partial charge on any atom is 0.335 e. The first-order chi connectivity index (χ1) is 18.2. The lowest BCUT2D eigenvalue weighted by Gasteiger charge is -2.14. The Morgan fingerprint density at radius 1 is 1.13 bits per heavy atom. The summed E-state index contributed by atoms with van der Waals surface area (Å²) in [7, 11) is 1.48. The zero-order chi connectivity index (χ0) is 27.4. The van der Waals surface area contributed by atoms with Crippen molar-refractivity contribution in [2.75, 3.05) is 7.11 Å². The third-order valence-corrected chi connectivity index (χ3v) is 7.18. The molecule has 1 aliphatic heterocycles. The van der Waals surface area contributed by atoms with E-state index in [2.05, 4.69) is 22.6 Å². The van der Waals surface area contributed by atoms with Crippen LogP contribution in [0.1, 0.15) is 27.0 Å². The van der Waals surface area contributed by atoms with E-state index in [1.807, 2.05) is 0 Å². The number of ether oxygens (including phenoxy) is 2. The molecule has 1 saturated heterocycles. The molecule has 0 spiro atoms. The molecule has 0 aliphatic carbocycles. The highest BCUT2D eigenvalue weighted by Gasteiger charge is 2.35. The van der Waals surface area contributed by atoms with E-state index >= 15 is 0 Å². The minimum absolute atomic E-state index is 0.0786. The fourth-order valence-electron chi connectivity index (χ4n) is 3.60. The van der Waals surface area contributed by atoms with Crippen LogP contribution in [-0.4, -0.2) is 39.2 Å². The summed E-state index contributed by atoms with van der Waals surface area (Å²) in [4.78, 5) is 48.3. The van der Waals surface area contributed by atoms with E-state index in [4.69, 9.17) is 14.6 Å². The highest BCUT2D eigenvalue weighted by Crippen LogP contribution is 2.38. The second-order valence-corrected chi connectivity index (χ2v) is 10.2. The van der Waals surface area contributed by atoms with Crippen molar-refractivity contribution in [3.8, 4) is 11.5 Å². The van der Waals surface area contributed by atoms with E-state index in [0.717, 1.165) is 22.2 Å². The highest BCUT2D eigenvalue weighted by molar-refractivity contribution is 14.1. The summed E-state index contributed by atoms with van der Waals surface area (Å²) >= 11 is 2.87. The molecule has 1 N–H and O–H groups in total. The standard InChI is InChI=1S/C26H19IN2O8S/c1-36-21-11-17(10-20(27)23(21)37-14-15-5-7-18(8-6-15)25(31)32)12-22-24(30)28(26(33)38-22)13-16-3-2-4-19(9-16)29(34)35/h2-12H,13-14H2,1H3,(H,31,32)/b22-12+. The number of nitro benzene ring substituents is 1. The molecule has 0 saturated carbocycles. The minimum Gasteiger partial charge on any atom is -0.493 e. The Morgan fingerprint density at radius 2 is 1.87 bits per heavy atom. The Labute approximate surface area is 234 Å². The van der Waals surface area contributed by atoms with E-state index in [1.54, 1.807) is 36.4 Å². The van der Waals surface area contributed by atoms with Crippen LogP contribution >= 0.6 is 34.4 Å². The second kappa shape index (κ2) is 11.6. The summed E-state index contributed by atoms with van der Waals surface area (Å²) in [5, 5.41) is 19.6. The van der Waals surface area contributed by atoms with E-state index in [-0.39, 0.29) is 29.3 Å². The van der Waals surface area contributed by atoms with Crippen LogP contribution in [0, 0.1) is 13.7 Å². The molecular weight excluding hydrogens is 627 g/mol. The molecule has 38 heavy (non-hydrogen) atoms. The topological polar surface area (TPSA) is 136 Å². The van der Waals surface area contributed by atoms with E-state index < -0.39 is 22.0 Å². The second-order valence-electron chi connectivity index (χ2n) is 8.02. The molecule has 0 unspecified atom stereocenters. The van der Waals surface area contributed by atoms with Gasteiger partial charge in [0.25, 0.3) is 16.8 Å². The summed E-state index contributed by atoms with van der Waals surface area (Å²) in [5.74, 6) is -0.607. The van der Waals surface area contributed by atoms with Crippen molar-refractivity contribution in [2.45, 2.75) is 13.2 Å². The fraction of sp³-hybridized carbons (Fsp3) is 0.115. The average Bonchev–Trinajstić information content (AvgIpc) is 3.15. The maximum atomic E-state index is 13.0. The van der Waals surface area contributed by atoms with E-state index in [1.165, 1.54) is 37.4 Å². The Kier molecular flexibility index (Phi) is 8.32. The Morgan fingerprint density at radius 3 is 2.53 bits per heavy atom. The lowest BCUT2D eigenvalue weighted by molar-refractivity contribution is -0.384. The van der Waals surface area contributed by atoms with Crippen LogP contribution in [0.3, 0.4) is 0 Å². The average molecular weight is 646 g/mol. The van der Waals surface area contributed by atoms with Gasteiger partial charge in [0.1, 0.15) is 6.61 Å². The molecular formula is C26H19IN2O8S. The molecule has 3 aromatic rings. The largest absolute Gasteiger partial charge is 0.493 e. The van der Waals surface area contributed by atoms with Gasteiger partial charge in [-0.15, -0.1) is 0 Å². The Balaban J connectivity index is 1.51. The molecule has 12 heteroatoms. The third kappa shape index (κ3) is 6.14. The number of halogens is 1. The zero-order valence-electron chi connectivity index (χ0n) is 19.8. The SMILES string of the molecule is COc1cc(/C=C2/SC(=O)N(Cc3cccc([N+](=O)[O-])c3)C2=O)cc(I)c1OCc1ccc(C(=O)O)cc1. The van der Waals surface area contributed by atoms with Gasteiger partial charge in [0.05, 0.1) is 32.6 Å². The van der Waals surface area contributed by atoms with Crippen LogP contribution < -0.4 is 9.47 Å². The molecule has 0 aromatic heterocycles. The predicted molar refractivity (Wildman–Crippen MR) is 148 cm³/mol. The number of aromatic carboxylic acids is 1. The maximum absolute atomic E-state index is 13.0. The third-order valence-electron chi connectivity index (χ3n) is 5.47. The van der Waals surface area contributed by atoms with Crippen LogP contribution in [0.25, 0.3) is 6.08 Å². The summed E-state index contributed by atoms with van der Waals surface area (Å²) in [6, 6.07) is 15.6. The molecule has 1 heterocycles. The number of carbonyl (C=O) groups excluding carboxylic acids is 2. The van der Waals surface area contributed by atoms with Gasteiger partial charge in [0, 0.05) is 12.1 Å². The predicted octanol–water partition coefficient (Wildman–Crippen LogP) is 5.72. The van der Waals surface area contributed by atoms with Crippen molar-refractivity contribution in [1.29, 1.82) is 0 Å². The molecule has 0 bridgehead atoms. The first kappa shape index (κ1) is 27.1. The van der Waals surface area contributed by atoms with Crippen LogP contribution in [0.5, 0.6) is 11.5 Å².